The molecule has 0 aromatic heterocycles. The number of ether oxygens (including phenoxy) is 3. The third-order valence-corrected chi connectivity index (χ3v) is 1.50. The molecular weight excluding hydrogens is 176 g/mol. The zero-order valence-electron chi connectivity index (χ0n) is 7.36. The molecule has 0 aliphatic carbocycles. The monoisotopic (exact) mass is 186 g/mol. The van der Waals surface area contributed by atoms with Gasteiger partial charge in [0, 0.05) is 0 Å². The molecule has 0 fully saturated rings. The molecule has 0 atom stereocenters. The summed E-state index contributed by atoms with van der Waals surface area (Å²) in [5.74, 6) is -0.199. The van der Waals surface area contributed by atoms with Crippen molar-refractivity contribution in [3.63, 3.8) is 0 Å². The average Bonchev–Trinajstić information content (AvgIpc) is 2.41. The molecule has 72 valence electrons. The summed E-state index contributed by atoms with van der Waals surface area (Å²) in [6.45, 7) is -0.230. The lowest BCUT2D eigenvalue weighted by Crippen LogP contribution is -2.00. The number of methoxy groups -OCH3 is 2. The van der Waals surface area contributed by atoms with E-state index in [1.54, 1.807) is 0 Å². The second-order valence-electron chi connectivity index (χ2n) is 2.21. The van der Waals surface area contributed by atoms with Crippen molar-refractivity contribution in [2.24, 2.45) is 0 Å². The Morgan fingerprint density at radius 3 is 2.46 bits per heavy atom. The summed E-state index contributed by atoms with van der Waals surface area (Å²) in [4.78, 5) is 11.1. The third-order valence-electron chi connectivity index (χ3n) is 1.50. The van der Waals surface area contributed by atoms with Crippen molar-refractivity contribution in [2.45, 2.75) is 0 Å². The number of carbonyl (C=O) groups excluding carboxylic acids is 1. The number of carbonyl (C=O) groups is 1. The van der Waals surface area contributed by atoms with Crippen molar-refractivity contribution in [3.05, 3.63) is 23.4 Å². The fraction of sp³-hybridized carbons (Fsp3) is 0.375. The highest BCUT2D eigenvalue weighted by molar-refractivity contribution is 5.91. The number of aliphatic hydroxyl groups excluding tert-OH is 1. The van der Waals surface area contributed by atoms with E-state index in [0.717, 1.165) is 0 Å². The van der Waals surface area contributed by atoms with Crippen LogP contribution >= 0.6 is 0 Å². The SMILES string of the molecule is COC1=C(OC)/C(=C\CO)OC1=O. The van der Waals surface area contributed by atoms with Crippen LogP contribution in [0.2, 0.25) is 0 Å². The smallest absolute Gasteiger partial charge is 0.383 e. The zero-order valence-corrected chi connectivity index (χ0v) is 7.36. The molecule has 13 heavy (non-hydrogen) atoms. The van der Waals surface area contributed by atoms with Crippen LogP contribution in [0.25, 0.3) is 0 Å². The number of hydrogen-bond donors (Lipinski definition) is 1. The van der Waals surface area contributed by atoms with Gasteiger partial charge in [-0.05, 0) is 6.08 Å². The molecule has 0 spiro atoms. The van der Waals surface area contributed by atoms with Crippen LogP contribution in [0.3, 0.4) is 0 Å². The maximum atomic E-state index is 11.1. The predicted octanol–water partition coefficient (Wildman–Crippen LogP) is -0.0762. The van der Waals surface area contributed by atoms with Crippen LogP contribution in [0.5, 0.6) is 0 Å². The van der Waals surface area contributed by atoms with Gasteiger partial charge in [-0.15, -0.1) is 0 Å². The van der Waals surface area contributed by atoms with Gasteiger partial charge in [-0.2, -0.15) is 0 Å². The van der Waals surface area contributed by atoms with Gasteiger partial charge in [0.05, 0.1) is 20.8 Å². The minimum Gasteiger partial charge on any atom is -0.490 e. The lowest BCUT2D eigenvalue weighted by molar-refractivity contribution is -0.136. The molecule has 1 rings (SSSR count). The lowest BCUT2D eigenvalue weighted by atomic mass is 10.3. The standard InChI is InChI=1S/C8H10O5/c1-11-6-5(3-4-9)13-8(10)7(6)12-2/h3,9H,4H2,1-2H3/b5-3+. The van der Waals surface area contributed by atoms with Crippen LogP contribution in [-0.2, 0) is 19.0 Å². The normalized spacial score (nSPS) is 19.3. The molecule has 0 bridgehead atoms. The quantitative estimate of drug-likeness (QED) is 0.625. The molecule has 5 nitrogen and oxygen atoms in total. The fourth-order valence-corrected chi connectivity index (χ4v) is 0.984. The highest BCUT2D eigenvalue weighted by Crippen LogP contribution is 2.26. The Morgan fingerprint density at radius 1 is 1.38 bits per heavy atom. The summed E-state index contributed by atoms with van der Waals surface area (Å²) in [7, 11) is 2.74. The summed E-state index contributed by atoms with van der Waals surface area (Å²) >= 11 is 0. The van der Waals surface area contributed by atoms with Crippen molar-refractivity contribution < 1.29 is 24.1 Å². The summed E-state index contributed by atoms with van der Waals surface area (Å²) in [6, 6.07) is 0. The van der Waals surface area contributed by atoms with E-state index in [1.165, 1.54) is 20.3 Å². The summed E-state index contributed by atoms with van der Waals surface area (Å²) in [5, 5.41) is 8.60. The maximum Gasteiger partial charge on any atom is 0.383 e. The summed E-state index contributed by atoms with van der Waals surface area (Å²) < 4.78 is 14.4. The molecule has 1 aliphatic heterocycles. The van der Waals surface area contributed by atoms with Crippen LogP contribution < -0.4 is 0 Å². The van der Waals surface area contributed by atoms with Gasteiger partial charge >= 0.3 is 5.97 Å². The highest BCUT2D eigenvalue weighted by Gasteiger charge is 2.32. The number of hydrogen-bond acceptors (Lipinski definition) is 5. The number of esters is 1. The first kappa shape index (κ1) is 9.60. The van der Waals surface area contributed by atoms with Crippen molar-refractivity contribution in [2.75, 3.05) is 20.8 Å². The molecule has 0 unspecified atom stereocenters. The molecule has 0 amide bonds. The molecule has 5 heteroatoms. The molecular formula is C8H10O5. The van der Waals surface area contributed by atoms with Gasteiger partial charge in [-0.1, -0.05) is 0 Å². The van der Waals surface area contributed by atoms with E-state index in [0.29, 0.717) is 0 Å². The Kier molecular flexibility index (Phi) is 2.92. The van der Waals surface area contributed by atoms with Crippen LogP contribution in [-0.4, -0.2) is 31.9 Å². The van der Waals surface area contributed by atoms with Gasteiger partial charge in [0.1, 0.15) is 0 Å². The van der Waals surface area contributed by atoms with Crippen molar-refractivity contribution in [3.8, 4) is 0 Å². The first-order valence-corrected chi connectivity index (χ1v) is 3.60. The Hall–Kier alpha value is -1.49. The summed E-state index contributed by atoms with van der Waals surface area (Å²) in [5.41, 5.74) is 0. The van der Waals surface area contributed by atoms with E-state index in [2.05, 4.69) is 0 Å². The molecule has 1 aliphatic rings. The Balaban J connectivity index is 3.02. The van der Waals surface area contributed by atoms with Gasteiger partial charge in [0.25, 0.3) is 5.76 Å². The van der Waals surface area contributed by atoms with Crippen LogP contribution in [0.4, 0.5) is 0 Å². The molecule has 0 saturated heterocycles. The van der Waals surface area contributed by atoms with Crippen LogP contribution in [0.1, 0.15) is 0 Å². The first-order chi connectivity index (χ1) is 6.24. The minimum absolute atomic E-state index is 0.0159. The first-order valence-electron chi connectivity index (χ1n) is 3.60. The van der Waals surface area contributed by atoms with Crippen molar-refractivity contribution >= 4 is 5.97 Å². The van der Waals surface area contributed by atoms with Gasteiger partial charge in [0.15, 0.2) is 5.76 Å². The average molecular weight is 186 g/mol. The van der Waals surface area contributed by atoms with Gasteiger partial charge in [-0.25, -0.2) is 4.79 Å². The maximum absolute atomic E-state index is 11.1. The Bertz CT molecular complexity index is 276. The molecule has 0 aromatic carbocycles. The van der Waals surface area contributed by atoms with Gasteiger partial charge in [-0.3, -0.25) is 0 Å². The summed E-state index contributed by atoms with van der Waals surface area (Å²) in [6.07, 6.45) is 1.32. The Morgan fingerprint density at radius 2 is 2.00 bits per heavy atom. The van der Waals surface area contributed by atoms with E-state index >= 15 is 0 Å². The highest BCUT2D eigenvalue weighted by atomic mass is 16.6. The zero-order chi connectivity index (χ0) is 9.84. The Labute approximate surface area is 75.2 Å². The molecule has 0 radical (unpaired) electrons. The van der Waals surface area contributed by atoms with Crippen LogP contribution in [0.15, 0.2) is 23.4 Å². The molecule has 1 N–H and O–H groups in total. The third kappa shape index (κ3) is 1.65. The second-order valence-corrected chi connectivity index (χ2v) is 2.21. The molecule has 0 aromatic rings. The molecule has 0 saturated carbocycles. The van der Waals surface area contributed by atoms with Gasteiger partial charge < -0.3 is 19.3 Å². The van der Waals surface area contributed by atoms with Crippen molar-refractivity contribution in [1.82, 2.24) is 0 Å². The molecule has 1 heterocycles. The topological polar surface area (TPSA) is 65.0 Å². The van der Waals surface area contributed by atoms with Crippen LogP contribution in [0, 0.1) is 0 Å². The number of cyclic esters (lactones) is 1. The van der Waals surface area contributed by atoms with E-state index in [1.807, 2.05) is 0 Å². The number of rotatable bonds is 3. The number of aliphatic hydroxyl groups is 1. The minimum atomic E-state index is -0.612. The fourth-order valence-electron chi connectivity index (χ4n) is 0.984. The van der Waals surface area contributed by atoms with E-state index < -0.39 is 5.97 Å². The van der Waals surface area contributed by atoms with Gasteiger partial charge in [0.2, 0.25) is 5.76 Å². The van der Waals surface area contributed by atoms with Crippen molar-refractivity contribution in [1.29, 1.82) is 0 Å². The predicted molar refractivity (Wildman–Crippen MR) is 42.3 cm³/mol. The second kappa shape index (κ2) is 3.95. The van der Waals surface area contributed by atoms with E-state index in [-0.39, 0.29) is 23.9 Å². The lowest BCUT2D eigenvalue weighted by Gasteiger charge is -2.00. The largest absolute Gasteiger partial charge is 0.490 e. The van der Waals surface area contributed by atoms with E-state index in [9.17, 15) is 4.79 Å². The van der Waals surface area contributed by atoms with E-state index in [4.69, 9.17) is 19.3 Å².